The van der Waals surface area contributed by atoms with Crippen LogP contribution in [0.3, 0.4) is 0 Å². The molecule has 4 rings (SSSR count). The summed E-state index contributed by atoms with van der Waals surface area (Å²) >= 11 is 0. The van der Waals surface area contributed by atoms with Crippen molar-refractivity contribution in [2.45, 2.75) is 30.9 Å². The third kappa shape index (κ3) is 7.10. The molecule has 0 aromatic heterocycles. The Hall–Kier alpha value is -3.80. The van der Waals surface area contributed by atoms with Crippen LogP contribution in [0.4, 0.5) is 19.3 Å². The molecule has 41 heavy (non-hydrogen) atoms. The molecule has 2 N–H and O–H groups in total. The third-order valence-corrected chi connectivity index (χ3v) is 8.95. The molecule has 1 aliphatic rings. The van der Waals surface area contributed by atoms with Gasteiger partial charge in [0.25, 0.3) is 0 Å². The average molecular weight is 586 g/mol. The average Bonchev–Trinajstić information content (AvgIpc) is 2.95. The number of amides is 2. The summed E-state index contributed by atoms with van der Waals surface area (Å²) in [5.74, 6) is -1.80. The number of benzene rings is 3. The van der Waals surface area contributed by atoms with E-state index in [9.17, 15) is 27.1 Å². The number of carbonyl (C=O) groups excluding carboxylic acids is 1. The second-order valence-electron chi connectivity index (χ2n) is 10.1. The number of hydrogen-bond donors (Lipinski definition) is 2. The first-order chi connectivity index (χ1) is 19.5. The third-order valence-electron chi connectivity index (χ3n) is 6.93. The summed E-state index contributed by atoms with van der Waals surface area (Å²) in [6.07, 6.45) is 3.05. The van der Waals surface area contributed by atoms with Crippen LogP contribution >= 0.6 is 0 Å². The Morgan fingerprint density at radius 2 is 1.83 bits per heavy atom. The second kappa shape index (κ2) is 12.8. The van der Waals surface area contributed by atoms with Crippen LogP contribution in [0.25, 0.3) is 12.2 Å². The van der Waals surface area contributed by atoms with E-state index < -0.39 is 45.8 Å². The van der Waals surface area contributed by atoms with Gasteiger partial charge in [-0.3, -0.25) is 0 Å². The summed E-state index contributed by atoms with van der Waals surface area (Å²) in [6, 6.07) is 15.7. The fraction of sp³-hybridized carbons (Fsp3) is 0.300. The quantitative estimate of drug-likeness (QED) is 0.378. The molecule has 0 radical (unpaired) electrons. The number of urea groups is 1. The number of rotatable bonds is 7. The van der Waals surface area contributed by atoms with Crippen molar-refractivity contribution in [3.8, 4) is 5.75 Å². The van der Waals surface area contributed by atoms with Crippen LogP contribution in [0.2, 0.25) is 0 Å². The molecule has 3 atom stereocenters. The Bertz CT molecular complexity index is 1520. The molecule has 1 heterocycles. The van der Waals surface area contributed by atoms with Crippen LogP contribution in [0.1, 0.15) is 25.0 Å². The van der Waals surface area contributed by atoms with Crippen molar-refractivity contribution in [3.63, 3.8) is 0 Å². The highest BCUT2D eigenvalue weighted by atomic mass is 32.2. The van der Waals surface area contributed by atoms with E-state index in [0.717, 1.165) is 23.8 Å². The molecule has 11 heteroatoms. The van der Waals surface area contributed by atoms with Gasteiger partial charge in [0.2, 0.25) is 10.0 Å². The van der Waals surface area contributed by atoms with Gasteiger partial charge in [0.1, 0.15) is 28.4 Å². The zero-order chi connectivity index (χ0) is 29.7. The van der Waals surface area contributed by atoms with Gasteiger partial charge in [-0.05, 0) is 42.3 Å². The molecule has 0 bridgehead atoms. The maximum absolute atomic E-state index is 14.1. The summed E-state index contributed by atoms with van der Waals surface area (Å²) in [5, 5.41) is 12.2. The number of anilines is 1. The minimum atomic E-state index is -4.03. The maximum Gasteiger partial charge on any atom is 0.321 e. The Labute approximate surface area is 238 Å². The van der Waals surface area contributed by atoms with Gasteiger partial charge in [0, 0.05) is 31.6 Å². The zero-order valence-corrected chi connectivity index (χ0v) is 23.8. The van der Waals surface area contributed by atoms with Crippen molar-refractivity contribution >= 4 is 33.9 Å². The molecule has 3 aromatic rings. The van der Waals surface area contributed by atoms with Gasteiger partial charge in [0.05, 0.1) is 18.8 Å². The molecule has 0 spiro atoms. The first-order valence-electron chi connectivity index (χ1n) is 13.1. The van der Waals surface area contributed by atoms with E-state index in [1.54, 1.807) is 26.0 Å². The van der Waals surface area contributed by atoms with E-state index in [1.165, 1.54) is 22.3 Å². The summed E-state index contributed by atoms with van der Waals surface area (Å²) in [7, 11) is -2.56. The lowest BCUT2D eigenvalue weighted by Crippen LogP contribution is -2.50. The van der Waals surface area contributed by atoms with E-state index in [0.29, 0.717) is 5.56 Å². The first kappa shape index (κ1) is 30.2. The van der Waals surface area contributed by atoms with Crippen molar-refractivity contribution in [3.05, 3.63) is 89.5 Å². The van der Waals surface area contributed by atoms with Gasteiger partial charge in [-0.1, -0.05) is 55.5 Å². The van der Waals surface area contributed by atoms with Gasteiger partial charge in [0.15, 0.2) is 0 Å². The molecule has 3 aromatic carbocycles. The molecule has 0 saturated heterocycles. The smallest absolute Gasteiger partial charge is 0.321 e. The number of ether oxygens (including phenoxy) is 1. The highest BCUT2D eigenvalue weighted by Crippen LogP contribution is 2.34. The van der Waals surface area contributed by atoms with E-state index in [4.69, 9.17) is 4.74 Å². The van der Waals surface area contributed by atoms with Crippen LogP contribution < -0.4 is 10.1 Å². The Morgan fingerprint density at radius 3 is 2.54 bits per heavy atom. The number of aliphatic hydroxyl groups is 1. The lowest BCUT2D eigenvalue weighted by Gasteiger charge is -2.37. The first-order valence-corrected chi connectivity index (χ1v) is 14.6. The molecule has 0 fully saturated rings. The maximum atomic E-state index is 14.1. The summed E-state index contributed by atoms with van der Waals surface area (Å²) in [4.78, 5) is 14.1. The van der Waals surface area contributed by atoms with Crippen molar-refractivity contribution in [2.24, 2.45) is 5.92 Å². The highest BCUT2D eigenvalue weighted by molar-refractivity contribution is 7.89. The van der Waals surface area contributed by atoms with Gasteiger partial charge < -0.3 is 20.1 Å². The topological polar surface area (TPSA) is 99.2 Å². The zero-order valence-electron chi connectivity index (χ0n) is 23.0. The van der Waals surface area contributed by atoms with Crippen LogP contribution in [0.15, 0.2) is 71.6 Å². The van der Waals surface area contributed by atoms with Crippen LogP contribution in [0, 0.1) is 17.6 Å². The molecule has 0 aliphatic carbocycles. The normalized spacial score (nSPS) is 19.5. The highest BCUT2D eigenvalue weighted by Gasteiger charge is 2.38. The number of halogens is 2. The summed E-state index contributed by atoms with van der Waals surface area (Å²) < 4.78 is 62.6. The van der Waals surface area contributed by atoms with Crippen LogP contribution in [0.5, 0.6) is 5.75 Å². The van der Waals surface area contributed by atoms with Crippen LogP contribution in [-0.4, -0.2) is 67.7 Å². The fourth-order valence-corrected chi connectivity index (χ4v) is 6.30. The number of carbonyl (C=O) groups is 1. The summed E-state index contributed by atoms with van der Waals surface area (Å²) in [6.45, 7) is 3.06. The van der Waals surface area contributed by atoms with E-state index in [1.807, 2.05) is 42.5 Å². The van der Waals surface area contributed by atoms with Crippen molar-refractivity contribution in [1.29, 1.82) is 0 Å². The summed E-state index contributed by atoms with van der Waals surface area (Å²) in [5.41, 5.74) is 1.36. The molecular weight excluding hydrogens is 552 g/mol. The van der Waals surface area contributed by atoms with Gasteiger partial charge >= 0.3 is 6.03 Å². The minimum absolute atomic E-state index is 0.00878. The van der Waals surface area contributed by atoms with Crippen molar-refractivity contribution in [2.75, 3.05) is 32.1 Å². The molecule has 8 nitrogen and oxygen atoms in total. The van der Waals surface area contributed by atoms with Crippen LogP contribution in [-0.2, 0) is 10.0 Å². The molecule has 218 valence electrons. The van der Waals surface area contributed by atoms with E-state index in [2.05, 4.69) is 5.32 Å². The van der Waals surface area contributed by atoms with Gasteiger partial charge in [-0.15, -0.1) is 0 Å². The van der Waals surface area contributed by atoms with Crippen molar-refractivity contribution < 1.29 is 31.8 Å². The van der Waals surface area contributed by atoms with Gasteiger partial charge in [-0.2, -0.15) is 4.31 Å². The van der Waals surface area contributed by atoms with Gasteiger partial charge in [-0.25, -0.2) is 22.0 Å². The molecule has 0 unspecified atom stereocenters. The Kier molecular flexibility index (Phi) is 9.42. The molecule has 2 amide bonds. The Morgan fingerprint density at radius 1 is 1.12 bits per heavy atom. The predicted octanol–water partition coefficient (Wildman–Crippen LogP) is 5.07. The lowest BCUT2D eigenvalue weighted by atomic mass is 10.0. The number of aliphatic hydroxyl groups excluding tert-OH is 1. The monoisotopic (exact) mass is 585 g/mol. The number of nitrogens with one attached hydrogen (secondary N) is 1. The Balaban J connectivity index is 1.65. The number of nitrogens with zero attached hydrogens (tertiary/aromatic N) is 2. The largest absolute Gasteiger partial charge is 0.487 e. The molecular formula is C30H33F2N3O5S. The number of likely N-dealkylation sites (N-methyl/N-ethyl adjacent to an activating group) is 1. The number of sulfonamides is 1. The number of fused-ring (bicyclic) bond motifs is 1. The lowest BCUT2D eigenvalue weighted by molar-refractivity contribution is 0.0830. The van der Waals surface area contributed by atoms with Crippen molar-refractivity contribution in [1.82, 2.24) is 9.21 Å². The SMILES string of the molecule is C[C@@H]1CN([C@@H](C)CO)S(=O)(=O)c2ccc(/C=C/c3ccccc3)cc2O[C@H]1CN(C)C(=O)Nc1cc(F)ccc1F. The molecule has 0 saturated carbocycles. The van der Waals surface area contributed by atoms with E-state index in [-0.39, 0.29) is 36.0 Å². The minimum Gasteiger partial charge on any atom is -0.487 e. The fourth-order valence-electron chi connectivity index (χ4n) is 4.48. The standard InChI is InChI=1S/C30H33F2N3O5S/c1-20-17-35(21(2)19-36)41(38,39)29-14-11-23(10-9-22-7-5-4-6-8-22)15-27(29)40-28(20)18-34(3)30(37)33-26-16-24(31)12-13-25(26)32/h4-16,20-21,28,36H,17-19H2,1-3H3,(H,33,37)/b10-9+/t20-,21+,28+/m1/s1. The molecule has 1 aliphatic heterocycles. The van der Waals surface area contributed by atoms with E-state index >= 15 is 0 Å². The number of hydrogen-bond acceptors (Lipinski definition) is 5. The second-order valence-corrected chi connectivity index (χ2v) is 12.0. The predicted molar refractivity (Wildman–Crippen MR) is 154 cm³/mol.